The van der Waals surface area contributed by atoms with E-state index in [0.717, 1.165) is 0 Å². The third-order valence-electron chi connectivity index (χ3n) is 2.51. The largest absolute Gasteiger partial charge is 0.459 e. The molecule has 1 amide bonds. The van der Waals surface area contributed by atoms with E-state index in [1.807, 2.05) is 0 Å². The third-order valence-corrected chi connectivity index (χ3v) is 2.51. The second-order valence-electron chi connectivity index (χ2n) is 6.35. The van der Waals surface area contributed by atoms with Crippen LogP contribution < -0.4 is 11.5 Å². The molecule has 2 atom stereocenters. The van der Waals surface area contributed by atoms with Gasteiger partial charge in [-0.05, 0) is 47.5 Å². The maximum Gasteiger partial charge on any atom is 0.405 e. The van der Waals surface area contributed by atoms with Crippen LogP contribution in [0.2, 0.25) is 0 Å². The van der Waals surface area contributed by atoms with Crippen LogP contribution in [0.15, 0.2) is 0 Å². The van der Waals surface area contributed by atoms with Gasteiger partial charge < -0.3 is 26.0 Å². The van der Waals surface area contributed by atoms with Crippen LogP contribution in [0.3, 0.4) is 0 Å². The summed E-state index contributed by atoms with van der Waals surface area (Å²) in [6.45, 7) is 8.46. The molecule has 0 aromatic heterocycles. The number of rotatable bonds is 6. The number of esters is 1. The molecule has 0 spiro atoms. The number of nitrogens with two attached hydrogens (primary N) is 2. The second kappa shape index (κ2) is 6.90. The Kier molecular flexibility index (Phi) is 6.43. The fourth-order valence-electron chi connectivity index (χ4n) is 1.53. The Morgan fingerprint density at radius 2 is 1.65 bits per heavy atom. The van der Waals surface area contributed by atoms with Crippen molar-refractivity contribution in [2.45, 2.75) is 70.8 Å². The molecule has 0 aliphatic carbocycles. The van der Waals surface area contributed by atoms with Gasteiger partial charge in [0.2, 0.25) is 0 Å². The summed E-state index contributed by atoms with van der Waals surface area (Å²) in [5.74, 6) is -0.668. The van der Waals surface area contributed by atoms with E-state index in [2.05, 4.69) is 0 Å². The summed E-state index contributed by atoms with van der Waals surface area (Å²) >= 11 is 0. The first-order valence-electron chi connectivity index (χ1n) is 6.49. The lowest BCUT2D eigenvalue weighted by atomic mass is 9.97. The van der Waals surface area contributed by atoms with Gasteiger partial charge in [0.1, 0.15) is 17.2 Å². The Hall–Kier alpha value is -1.34. The molecule has 0 aromatic carbocycles. The van der Waals surface area contributed by atoms with Crippen LogP contribution in [0.1, 0.15) is 47.5 Å². The van der Waals surface area contributed by atoms with E-state index < -0.39 is 35.4 Å². The lowest BCUT2D eigenvalue weighted by Gasteiger charge is -2.27. The van der Waals surface area contributed by atoms with Gasteiger partial charge in [0.05, 0.1) is 6.10 Å². The van der Waals surface area contributed by atoms with Gasteiger partial charge >= 0.3 is 12.1 Å². The molecule has 0 bridgehead atoms. The highest BCUT2D eigenvalue weighted by atomic mass is 16.6. The topological polar surface area (TPSA) is 125 Å². The van der Waals surface area contributed by atoms with E-state index in [4.69, 9.17) is 20.9 Å². The number of ether oxygens (including phenoxy) is 2. The smallest absolute Gasteiger partial charge is 0.405 e. The fourth-order valence-corrected chi connectivity index (χ4v) is 1.53. The predicted octanol–water partition coefficient (Wildman–Crippen LogP) is 0.670. The number of hydrogen-bond donors (Lipinski definition) is 3. The number of aliphatic hydroxyl groups excluding tert-OH is 1. The molecule has 0 aliphatic rings. The van der Waals surface area contributed by atoms with E-state index in [1.54, 1.807) is 34.6 Å². The Morgan fingerprint density at radius 3 is 2.05 bits per heavy atom. The molecule has 0 aliphatic heterocycles. The van der Waals surface area contributed by atoms with Gasteiger partial charge in [-0.25, -0.2) is 4.79 Å². The zero-order valence-corrected chi connectivity index (χ0v) is 12.8. The minimum Gasteiger partial charge on any atom is -0.459 e. The summed E-state index contributed by atoms with van der Waals surface area (Å²) in [6, 6.07) is -1.14. The molecule has 0 fully saturated rings. The lowest BCUT2D eigenvalue weighted by molar-refractivity contribution is -0.159. The normalized spacial score (nSPS) is 15.3. The summed E-state index contributed by atoms with van der Waals surface area (Å²) < 4.78 is 9.97. The number of carbonyl (C=O) groups is 2. The third kappa shape index (κ3) is 7.96. The van der Waals surface area contributed by atoms with E-state index in [-0.39, 0.29) is 6.42 Å². The molecule has 0 saturated heterocycles. The Bertz CT molecular complexity index is 349. The van der Waals surface area contributed by atoms with Crippen LogP contribution in [0.4, 0.5) is 4.79 Å². The van der Waals surface area contributed by atoms with E-state index >= 15 is 0 Å². The van der Waals surface area contributed by atoms with Gasteiger partial charge in [0.15, 0.2) is 0 Å². The number of amides is 1. The molecule has 2 unspecified atom stereocenters. The highest BCUT2D eigenvalue weighted by Gasteiger charge is 2.30. The summed E-state index contributed by atoms with van der Waals surface area (Å²) in [4.78, 5) is 22.4. The first-order chi connectivity index (χ1) is 8.84. The van der Waals surface area contributed by atoms with Crippen molar-refractivity contribution < 1.29 is 24.2 Å². The number of aliphatic hydroxyl groups is 1. The van der Waals surface area contributed by atoms with Gasteiger partial charge in [0, 0.05) is 0 Å². The standard InChI is InChI=1S/C13H26N2O5/c1-12(2,3)19-10(17)9(14)8(16)6-7-13(4,5)20-11(15)18/h8-9,16H,6-7,14H2,1-5H3,(H2,15,18). The maximum absolute atomic E-state index is 11.7. The van der Waals surface area contributed by atoms with Crippen molar-refractivity contribution in [1.29, 1.82) is 0 Å². The first-order valence-corrected chi connectivity index (χ1v) is 6.49. The van der Waals surface area contributed by atoms with Crippen LogP contribution in [0.5, 0.6) is 0 Å². The van der Waals surface area contributed by atoms with Crippen LogP contribution in [0.25, 0.3) is 0 Å². The van der Waals surface area contributed by atoms with E-state index in [0.29, 0.717) is 6.42 Å². The molecule has 0 radical (unpaired) electrons. The SMILES string of the molecule is CC(C)(C)OC(=O)C(N)C(O)CCC(C)(C)OC(N)=O. The molecule has 0 heterocycles. The number of hydrogen-bond acceptors (Lipinski definition) is 6. The van der Waals surface area contributed by atoms with Crippen molar-refractivity contribution in [1.82, 2.24) is 0 Å². The van der Waals surface area contributed by atoms with Crippen molar-refractivity contribution in [2.75, 3.05) is 0 Å². The molecule has 118 valence electrons. The summed E-state index contributed by atoms with van der Waals surface area (Å²) in [5, 5.41) is 9.88. The zero-order valence-electron chi connectivity index (χ0n) is 12.8. The van der Waals surface area contributed by atoms with Crippen LogP contribution in [0, 0.1) is 0 Å². The maximum atomic E-state index is 11.7. The Morgan fingerprint density at radius 1 is 1.15 bits per heavy atom. The highest BCUT2D eigenvalue weighted by Crippen LogP contribution is 2.19. The summed E-state index contributed by atoms with van der Waals surface area (Å²) in [6.07, 6.45) is -1.48. The highest BCUT2D eigenvalue weighted by molar-refractivity contribution is 5.76. The molecule has 20 heavy (non-hydrogen) atoms. The van der Waals surface area contributed by atoms with Gasteiger partial charge in [-0.15, -0.1) is 0 Å². The quantitative estimate of drug-likeness (QED) is 0.617. The molecule has 5 N–H and O–H groups in total. The van der Waals surface area contributed by atoms with Crippen LogP contribution in [-0.2, 0) is 14.3 Å². The van der Waals surface area contributed by atoms with E-state index in [9.17, 15) is 14.7 Å². The van der Waals surface area contributed by atoms with Crippen LogP contribution >= 0.6 is 0 Å². The van der Waals surface area contributed by atoms with Crippen LogP contribution in [-0.4, -0.2) is 40.5 Å². The fraction of sp³-hybridized carbons (Fsp3) is 0.846. The average molecular weight is 290 g/mol. The minimum atomic E-state index is -1.14. The summed E-state index contributed by atoms with van der Waals surface area (Å²) in [7, 11) is 0. The Labute approximate surface area is 119 Å². The van der Waals surface area contributed by atoms with E-state index in [1.165, 1.54) is 0 Å². The lowest BCUT2D eigenvalue weighted by Crippen LogP contribution is -2.46. The molecular weight excluding hydrogens is 264 g/mol. The molecule has 7 heteroatoms. The molecular formula is C13H26N2O5. The van der Waals surface area contributed by atoms with Crippen molar-refractivity contribution in [3.63, 3.8) is 0 Å². The zero-order chi connectivity index (χ0) is 16.1. The van der Waals surface area contributed by atoms with Gasteiger partial charge in [-0.3, -0.25) is 4.79 Å². The number of carbonyl (C=O) groups excluding carboxylic acids is 2. The van der Waals surface area contributed by atoms with Crippen molar-refractivity contribution in [2.24, 2.45) is 11.5 Å². The predicted molar refractivity (Wildman–Crippen MR) is 73.8 cm³/mol. The second-order valence-corrected chi connectivity index (χ2v) is 6.35. The molecule has 7 nitrogen and oxygen atoms in total. The molecule has 0 saturated carbocycles. The number of primary amides is 1. The monoisotopic (exact) mass is 290 g/mol. The first kappa shape index (κ1) is 18.7. The van der Waals surface area contributed by atoms with Gasteiger partial charge in [-0.2, -0.15) is 0 Å². The van der Waals surface area contributed by atoms with Gasteiger partial charge in [0.25, 0.3) is 0 Å². The summed E-state index contributed by atoms with van der Waals surface area (Å²) in [5.41, 5.74) is 9.08. The minimum absolute atomic E-state index is 0.181. The van der Waals surface area contributed by atoms with Crippen molar-refractivity contribution >= 4 is 12.1 Å². The molecule has 0 aromatic rings. The van der Waals surface area contributed by atoms with Crippen molar-refractivity contribution in [3.8, 4) is 0 Å². The van der Waals surface area contributed by atoms with Gasteiger partial charge in [-0.1, -0.05) is 0 Å². The molecule has 0 rings (SSSR count). The Balaban J connectivity index is 4.36. The van der Waals surface area contributed by atoms with Crippen molar-refractivity contribution in [3.05, 3.63) is 0 Å². The average Bonchev–Trinajstić information content (AvgIpc) is 2.20.